The van der Waals surface area contributed by atoms with E-state index in [4.69, 9.17) is 9.47 Å². The number of nitrogens with zero attached hydrogens (tertiary/aromatic N) is 2. The topological polar surface area (TPSA) is 97.2 Å². The van der Waals surface area contributed by atoms with Crippen molar-refractivity contribution in [2.24, 2.45) is 0 Å². The van der Waals surface area contributed by atoms with Crippen molar-refractivity contribution in [2.45, 2.75) is 0 Å². The first-order chi connectivity index (χ1) is 13.9. The number of esters is 1. The minimum absolute atomic E-state index is 0.249. The number of hydrogen-bond donors (Lipinski definition) is 1. The molecule has 0 aliphatic carbocycles. The number of nitriles is 1. The predicted molar refractivity (Wildman–Crippen MR) is 108 cm³/mol. The van der Waals surface area contributed by atoms with Crippen molar-refractivity contribution < 1.29 is 23.4 Å². The van der Waals surface area contributed by atoms with Gasteiger partial charge in [-0.15, -0.1) is 0 Å². The summed E-state index contributed by atoms with van der Waals surface area (Å²) < 4.78 is 29.2. The van der Waals surface area contributed by atoms with Crippen molar-refractivity contribution in [1.29, 1.82) is 5.26 Å². The molecule has 29 heavy (non-hydrogen) atoms. The summed E-state index contributed by atoms with van der Waals surface area (Å²) in [7, 11) is 2.72. The van der Waals surface area contributed by atoms with Crippen molar-refractivity contribution in [3.63, 3.8) is 0 Å². The van der Waals surface area contributed by atoms with E-state index in [0.717, 1.165) is 0 Å². The molecule has 0 saturated carbocycles. The Morgan fingerprint density at radius 1 is 1.34 bits per heavy atom. The van der Waals surface area contributed by atoms with Crippen molar-refractivity contribution in [3.8, 4) is 17.6 Å². The van der Waals surface area contributed by atoms with E-state index in [-0.39, 0.29) is 12.2 Å². The fraction of sp³-hybridized carbons (Fsp3) is 0.150. The van der Waals surface area contributed by atoms with Crippen LogP contribution in [0.5, 0.6) is 11.5 Å². The van der Waals surface area contributed by atoms with E-state index < -0.39 is 11.8 Å². The normalized spacial score (nSPS) is 11.2. The van der Waals surface area contributed by atoms with Crippen molar-refractivity contribution in [3.05, 3.63) is 52.0 Å². The molecule has 148 valence electrons. The fourth-order valence-corrected chi connectivity index (χ4v) is 3.16. The summed E-state index contributed by atoms with van der Waals surface area (Å²) in [6.45, 7) is -0.278. The largest absolute Gasteiger partial charge is 0.493 e. The van der Waals surface area contributed by atoms with Crippen LogP contribution in [0.4, 0.5) is 4.39 Å². The number of allylic oxidation sites excluding steroid dienone is 1. The molecule has 0 unspecified atom stereocenters. The van der Waals surface area contributed by atoms with Gasteiger partial charge in [0.15, 0.2) is 18.1 Å². The number of rotatable bonds is 6. The van der Waals surface area contributed by atoms with E-state index in [1.807, 2.05) is 0 Å². The fourth-order valence-electron chi connectivity index (χ4n) is 2.58. The van der Waals surface area contributed by atoms with Gasteiger partial charge in [0.05, 0.1) is 35.3 Å². The number of methoxy groups -OCH3 is 2. The van der Waals surface area contributed by atoms with Crippen LogP contribution in [0.1, 0.15) is 11.4 Å². The van der Waals surface area contributed by atoms with E-state index in [2.05, 4.69) is 36.7 Å². The van der Waals surface area contributed by atoms with Gasteiger partial charge in [-0.1, -0.05) is 0 Å². The van der Waals surface area contributed by atoms with Gasteiger partial charge in [-0.3, -0.25) is 0 Å². The molecule has 0 aliphatic heterocycles. The zero-order valence-electron chi connectivity index (χ0n) is 15.5. The second kappa shape index (κ2) is 8.75. The van der Waals surface area contributed by atoms with E-state index in [1.54, 1.807) is 18.2 Å². The Morgan fingerprint density at radius 2 is 2.14 bits per heavy atom. The number of hydrogen-bond acceptors (Lipinski definition) is 6. The number of aromatic amines is 1. The molecule has 2 aromatic carbocycles. The number of carbonyl (C=O) groups excluding carboxylic acids is 1. The van der Waals surface area contributed by atoms with E-state index in [1.165, 1.54) is 32.4 Å². The Bertz CT molecular complexity index is 1150. The zero-order chi connectivity index (χ0) is 21.0. The zero-order valence-corrected chi connectivity index (χ0v) is 17.0. The third-order valence-electron chi connectivity index (χ3n) is 3.94. The second-order valence-electron chi connectivity index (χ2n) is 5.82. The van der Waals surface area contributed by atoms with E-state index >= 15 is 0 Å². The van der Waals surface area contributed by atoms with Gasteiger partial charge < -0.3 is 19.2 Å². The summed E-state index contributed by atoms with van der Waals surface area (Å²) in [5.74, 6) is 0.0721. The summed E-state index contributed by atoms with van der Waals surface area (Å²) in [5, 5.41) is 9.57. The van der Waals surface area contributed by atoms with Crippen LogP contribution in [0.15, 0.2) is 34.8 Å². The number of fused-ring (bicyclic) bond motifs is 1. The summed E-state index contributed by atoms with van der Waals surface area (Å²) in [6, 6.07) is 9.59. The minimum Gasteiger partial charge on any atom is -0.493 e. The molecule has 0 spiro atoms. The molecule has 0 saturated heterocycles. The van der Waals surface area contributed by atoms with Crippen molar-refractivity contribution in [1.82, 2.24) is 9.97 Å². The monoisotopic (exact) mass is 459 g/mol. The number of ether oxygens (including phenoxy) is 3. The maximum absolute atomic E-state index is 13.4. The summed E-state index contributed by atoms with van der Waals surface area (Å²) in [5.41, 5.74) is 1.92. The van der Waals surface area contributed by atoms with Crippen molar-refractivity contribution in [2.75, 3.05) is 20.8 Å². The first-order valence-corrected chi connectivity index (χ1v) is 9.09. The molecule has 0 amide bonds. The molecule has 0 atom stereocenters. The lowest BCUT2D eigenvalue weighted by Gasteiger charge is -2.13. The highest BCUT2D eigenvalue weighted by Gasteiger charge is 2.15. The van der Waals surface area contributed by atoms with Crippen molar-refractivity contribution >= 4 is 44.6 Å². The van der Waals surface area contributed by atoms with Gasteiger partial charge in [0.25, 0.3) is 0 Å². The average molecular weight is 460 g/mol. The number of halogens is 2. The minimum atomic E-state index is -0.531. The second-order valence-corrected chi connectivity index (χ2v) is 6.67. The Labute approximate surface area is 173 Å². The first kappa shape index (κ1) is 20.4. The van der Waals surface area contributed by atoms with Gasteiger partial charge in [-0.05, 0) is 57.9 Å². The lowest BCUT2D eigenvalue weighted by molar-refractivity contribution is -0.142. The number of H-pyrrole nitrogens is 1. The molecule has 3 rings (SSSR count). The SMILES string of the molecule is COC(=O)COc1c(Br)cc(/C=C(/C#N)c2nc3ccc(F)cc3[nH]2)cc1OC. The lowest BCUT2D eigenvalue weighted by atomic mass is 10.1. The van der Waals surface area contributed by atoms with Crippen LogP contribution in [-0.2, 0) is 9.53 Å². The molecule has 1 aromatic heterocycles. The Morgan fingerprint density at radius 3 is 2.83 bits per heavy atom. The molecule has 1 heterocycles. The molecule has 0 radical (unpaired) electrons. The molecule has 7 nitrogen and oxygen atoms in total. The van der Waals surface area contributed by atoms with Crippen LogP contribution in [0.3, 0.4) is 0 Å². The van der Waals surface area contributed by atoms with E-state index in [9.17, 15) is 14.4 Å². The quantitative estimate of drug-likeness (QED) is 0.440. The molecule has 3 aromatic rings. The number of benzene rings is 2. The van der Waals surface area contributed by atoms with Gasteiger partial charge in [0.2, 0.25) is 0 Å². The summed E-state index contributed by atoms with van der Waals surface area (Å²) in [4.78, 5) is 18.6. The number of aromatic nitrogens is 2. The number of imidazole rings is 1. The molecule has 0 fully saturated rings. The summed E-state index contributed by atoms with van der Waals surface area (Å²) >= 11 is 3.38. The van der Waals surface area contributed by atoms with Crippen LogP contribution in [-0.4, -0.2) is 36.8 Å². The van der Waals surface area contributed by atoms with Gasteiger partial charge in [0, 0.05) is 0 Å². The number of carbonyl (C=O) groups is 1. The molecule has 1 N–H and O–H groups in total. The highest BCUT2D eigenvalue weighted by Crippen LogP contribution is 2.37. The Hall–Kier alpha value is -3.38. The van der Waals surface area contributed by atoms with Crippen LogP contribution < -0.4 is 9.47 Å². The Balaban J connectivity index is 1.97. The van der Waals surface area contributed by atoms with Crippen LogP contribution in [0.2, 0.25) is 0 Å². The van der Waals surface area contributed by atoms with Gasteiger partial charge in [-0.2, -0.15) is 5.26 Å². The third kappa shape index (κ3) is 4.55. The standard InChI is InChI=1S/C20H15BrFN3O4/c1-27-17-7-11(6-14(21)19(17)29-10-18(26)28-2)5-12(9-23)20-24-15-4-3-13(22)8-16(15)25-20/h3-8H,10H2,1-2H3,(H,24,25)/b12-5-. The average Bonchev–Trinajstić information content (AvgIpc) is 3.13. The lowest BCUT2D eigenvalue weighted by Crippen LogP contribution is -2.13. The van der Waals surface area contributed by atoms with Gasteiger partial charge in [-0.25, -0.2) is 14.2 Å². The van der Waals surface area contributed by atoms with E-state index in [0.29, 0.717) is 38.4 Å². The van der Waals surface area contributed by atoms with Crippen LogP contribution in [0.25, 0.3) is 22.7 Å². The molecule has 0 bridgehead atoms. The molecular weight excluding hydrogens is 445 g/mol. The number of nitrogens with one attached hydrogen (secondary N) is 1. The van der Waals surface area contributed by atoms with Gasteiger partial charge in [0.1, 0.15) is 17.7 Å². The van der Waals surface area contributed by atoms with Crippen LogP contribution in [0, 0.1) is 17.1 Å². The third-order valence-corrected chi connectivity index (χ3v) is 4.53. The summed E-state index contributed by atoms with van der Waals surface area (Å²) in [6.07, 6.45) is 1.60. The molecular formula is C20H15BrFN3O4. The highest BCUT2D eigenvalue weighted by atomic mass is 79.9. The van der Waals surface area contributed by atoms with Gasteiger partial charge >= 0.3 is 5.97 Å². The smallest absolute Gasteiger partial charge is 0.343 e. The maximum Gasteiger partial charge on any atom is 0.343 e. The highest BCUT2D eigenvalue weighted by molar-refractivity contribution is 9.10. The molecule has 0 aliphatic rings. The maximum atomic E-state index is 13.4. The predicted octanol–water partition coefficient (Wildman–Crippen LogP) is 4.09. The first-order valence-electron chi connectivity index (χ1n) is 8.29. The molecule has 9 heteroatoms. The Kier molecular flexibility index (Phi) is 6.14. The van der Waals surface area contributed by atoms with Crippen LogP contribution >= 0.6 is 15.9 Å².